The van der Waals surface area contributed by atoms with Gasteiger partial charge in [-0.25, -0.2) is 9.07 Å². The van der Waals surface area contributed by atoms with Crippen LogP contribution in [0.15, 0.2) is 72.8 Å². The number of rotatable bonds is 9. The van der Waals surface area contributed by atoms with E-state index in [0.29, 0.717) is 29.5 Å². The van der Waals surface area contributed by atoms with Crippen molar-refractivity contribution in [1.29, 1.82) is 0 Å². The smallest absolute Gasteiger partial charge is 0.226 e. The minimum atomic E-state index is -0.409. The Balaban J connectivity index is 1.63. The Kier molecular flexibility index (Phi) is 7.30. The zero-order chi connectivity index (χ0) is 24.8. The van der Waals surface area contributed by atoms with Crippen LogP contribution >= 0.6 is 0 Å². The molecule has 1 aromatic heterocycles. The molecule has 0 spiro atoms. The summed E-state index contributed by atoms with van der Waals surface area (Å²) >= 11 is 0. The molecule has 1 N–H and O–H groups in total. The predicted molar refractivity (Wildman–Crippen MR) is 131 cm³/mol. The molecule has 3 aromatic carbocycles. The second-order valence-corrected chi connectivity index (χ2v) is 7.82. The number of hydrogen-bond donors (Lipinski definition) is 1. The van der Waals surface area contributed by atoms with Gasteiger partial charge >= 0.3 is 0 Å². The van der Waals surface area contributed by atoms with Crippen LogP contribution in [0.3, 0.4) is 0 Å². The molecule has 4 rings (SSSR count). The Morgan fingerprint density at radius 1 is 0.943 bits per heavy atom. The Hall–Kier alpha value is -4.33. The number of benzene rings is 3. The number of hydrogen-bond acceptors (Lipinski definition) is 5. The molecule has 0 aliphatic rings. The van der Waals surface area contributed by atoms with Gasteiger partial charge in [0.15, 0.2) is 0 Å². The summed E-state index contributed by atoms with van der Waals surface area (Å²) in [5, 5.41) is 7.42. The number of aryl methyl sites for hydroxylation is 1. The summed E-state index contributed by atoms with van der Waals surface area (Å²) in [6.07, 6.45) is 0.544. The van der Waals surface area contributed by atoms with Gasteiger partial charge in [0.2, 0.25) is 11.8 Å². The molecule has 0 saturated heterocycles. The largest absolute Gasteiger partial charge is 0.497 e. The van der Waals surface area contributed by atoms with Gasteiger partial charge < -0.3 is 19.5 Å². The molecule has 7 nitrogen and oxygen atoms in total. The second-order valence-electron chi connectivity index (χ2n) is 7.82. The lowest BCUT2D eigenvalue weighted by Crippen LogP contribution is -2.12. The van der Waals surface area contributed by atoms with Crippen molar-refractivity contribution >= 4 is 11.6 Å². The van der Waals surface area contributed by atoms with Crippen LogP contribution in [-0.4, -0.2) is 29.9 Å². The third kappa shape index (κ3) is 5.78. The van der Waals surface area contributed by atoms with Gasteiger partial charge in [-0.2, -0.15) is 5.10 Å². The monoisotopic (exact) mass is 475 g/mol. The molecule has 8 heteroatoms. The molecule has 0 atom stereocenters. The Morgan fingerprint density at radius 2 is 1.66 bits per heavy atom. The van der Waals surface area contributed by atoms with Crippen molar-refractivity contribution in [1.82, 2.24) is 9.78 Å². The summed E-state index contributed by atoms with van der Waals surface area (Å²) in [5.41, 5.74) is 2.71. The highest BCUT2D eigenvalue weighted by molar-refractivity contribution is 5.90. The topological polar surface area (TPSA) is 74.6 Å². The summed E-state index contributed by atoms with van der Waals surface area (Å²) in [7, 11) is 3.20. The van der Waals surface area contributed by atoms with E-state index in [1.165, 1.54) is 12.1 Å². The third-order valence-corrected chi connectivity index (χ3v) is 5.42. The second kappa shape index (κ2) is 10.7. The Labute approximate surface area is 203 Å². The van der Waals surface area contributed by atoms with Crippen molar-refractivity contribution in [3.63, 3.8) is 0 Å². The predicted octanol–water partition coefficient (Wildman–Crippen LogP) is 5.70. The van der Waals surface area contributed by atoms with Gasteiger partial charge in [-0.05, 0) is 67.9 Å². The van der Waals surface area contributed by atoms with Crippen LogP contribution in [-0.2, 0) is 11.2 Å². The maximum Gasteiger partial charge on any atom is 0.226 e. The molecule has 0 aliphatic heterocycles. The normalized spacial score (nSPS) is 10.6. The Morgan fingerprint density at radius 3 is 2.37 bits per heavy atom. The van der Waals surface area contributed by atoms with Crippen molar-refractivity contribution in [2.75, 3.05) is 19.5 Å². The first-order valence-electron chi connectivity index (χ1n) is 11.1. The molecule has 0 radical (unpaired) electrons. The molecule has 1 amide bonds. The average molecular weight is 476 g/mol. The van der Waals surface area contributed by atoms with Gasteiger partial charge in [0, 0.05) is 23.7 Å². The summed E-state index contributed by atoms with van der Waals surface area (Å²) in [4.78, 5) is 12.6. The minimum absolute atomic E-state index is 0.167. The number of nitrogens with one attached hydrogen (secondary N) is 1. The fourth-order valence-corrected chi connectivity index (χ4v) is 3.63. The molecule has 0 unspecified atom stereocenters. The highest BCUT2D eigenvalue weighted by atomic mass is 19.1. The Bertz CT molecular complexity index is 1320. The van der Waals surface area contributed by atoms with E-state index < -0.39 is 5.82 Å². The first-order valence-corrected chi connectivity index (χ1v) is 11.1. The van der Waals surface area contributed by atoms with Gasteiger partial charge in [-0.3, -0.25) is 4.79 Å². The maximum atomic E-state index is 13.5. The van der Waals surface area contributed by atoms with Gasteiger partial charge in [-0.15, -0.1) is 0 Å². The quantitative estimate of drug-likeness (QED) is 0.336. The molecule has 35 heavy (non-hydrogen) atoms. The zero-order valence-electron chi connectivity index (χ0n) is 19.7. The van der Waals surface area contributed by atoms with E-state index in [0.717, 1.165) is 22.7 Å². The lowest BCUT2D eigenvalue weighted by atomic mass is 10.1. The first kappa shape index (κ1) is 23.8. The van der Waals surface area contributed by atoms with E-state index in [-0.39, 0.29) is 12.3 Å². The molecule has 0 aliphatic carbocycles. The first-order chi connectivity index (χ1) is 17.0. The van der Waals surface area contributed by atoms with Gasteiger partial charge in [0.25, 0.3) is 0 Å². The van der Waals surface area contributed by atoms with E-state index >= 15 is 0 Å². The highest BCUT2D eigenvalue weighted by Gasteiger charge is 2.20. The van der Waals surface area contributed by atoms with Crippen LogP contribution in [0.5, 0.6) is 23.1 Å². The highest BCUT2D eigenvalue weighted by Crippen LogP contribution is 2.33. The maximum absolute atomic E-state index is 13.5. The molecule has 1 heterocycles. The van der Waals surface area contributed by atoms with Gasteiger partial charge in [0.05, 0.1) is 25.6 Å². The minimum Gasteiger partial charge on any atom is -0.497 e. The van der Waals surface area contributed by atoms with Gasteiger partial charge in [0.1, 0.15) is 23.1 Å². The van der Waals surface area contributed by atoms with Gasteiger partial charge in [-0.1, -0.05) is 12.1 Å². The lowest BCUT2D eigenvalue weighted by molar-refractivity contribution is -0.116. The van der Waals surface area contributed by atoms with E-state index in [4.69, 9.17) is 14.2 Å². The molecular weight excluding hydrogens is 449 g/mol. The lowest BCUT2D eigenvalue weighted by Gasteiger charge is -2.13. The van der Waals surface area contributed by atoms with Crippen molar-refractivity contribution in [3.8, 4) is 28.8 Å². The number of amides is 1. The molecule has 0 saturated carbocycles. The molecular formula is C27H26FN3O4. The van der Waals surface area contributed by atoms with E-state index in [9.17, 15) is 9.18 Å². The van der Waals surface area contributed by atoms with Crippen molar-refractivity contribution in [3.05, 3.63) is 89.9 Å². The number of nitrogens with zero attached hydrogens (tertiary/aromatic N) is 2. The number of ether oxygens (including phenoxy) is 3. The number of methoxy groups -OCH3 is 2. The molecule has 4 aromatic rings. The number of halogens is 1. The van der Waals surface area contributed by atoms with Crippen LogP contribution < -0.4 is 19.5 Å². The van der Waals surface area contributed by atoms with Crippen LogP contribution in [0, 0.1) is 12.7 Å². The standard InChI is InChI=1S/C27H26FN3O4/c1-18-25(14-15-26(32)29-20-7-4-6-19(28)16-20)27(35-24-9-5-8-23(17-24)34-3)31(30-18)21-10-12-22(33-2)13-11-21/h4-13,16-17H,14-15H2,1-3H3,(H,29,32). The SMILES string of the molecule is COc1ccc(-n2nc(C)c(CCC(=O)Nc3cccc(F)c3)c2Oc2cccc(OC)c2)cc1. The fourth-order valence-electron chi connectivity index (χ4n) is 3.63. The average Bonchev–Trinajstić information content (AvgIpc) is 3.17. The van der Waals surface area contributed by atoms with Crippen molar-refractivity contribution in [2.24, 2.45) is 0 Å². The summed E-state index contributed by atoms with van der Waals surface area (Å²) in [6.45, 7) is 1.87. The van der Waals surface area contributed by atoms with Crippen LogP contribution in [0.4, 0.5) is 10.1 Å². The zero-order valence-corrected chi connectivity index (χ0v) is 19.7. The molecule has 0 fully saturated rings. The van der Waals surface area contributed by atoms with E-state index in [1.54, 1.807) is 37.1 Å². The van der Waals surface area contributed by atoms with Crippen LogP contribution in [0.25, 0.3) is 5.69 Å². The number of anilines is 1. The molecule has 0 bridgehead atoms. The van der Waals surface area contributed by atoms with Crippen LogP contribution in [0.2, 0.25) is 0 Å². The van der Waals surface area contributed by atoms with E-state index in [2.05, 4.69) is 10.4 Å². The summed E-state index contributed by atoms with van der Waals surface area (Å²) in [6, 6.07) is 20.5. The van der Waals surface area contributed by atoms with E-state index in [1.807, 2.05) is 49.4 Å². The number of carbonyl (C=O) groups excluding carboxylic acids is 1. The number of carbonyl (C=O) groups is 1. The third-order valence-electron chi connectivity index (χ3n) is 5.42. The fraction of sp³-hybridized carbons (Fsp3) is 0.185. The summed E-state index contributed by atoms with van der Waals surface area (Å²) in [5.74, 6) is 1.81. The molecule has 180 valence electrons. The summed E-state index contributed by atoms with van der Waals surface area (Å²) < 4.78 is 32.0. The number of aromatic nitrogens is 2. The van der Waals surface area contributed by atoms with Crippen molar-refractivity contribution in [2.45, 2.75) is 19.8 Å². The van der Waals surface area contributed by atoms with Crippen molar-refractivity contribution < 1.29 is 23.4 Å². The van der Waals surface area contributed by atoms with Crippen LogP contribution in [0.1, 0.15) is 17.7 Å².